The van der Waals surface area contributed by atoms with Crippen molar-refractivity contribution in [3.8, 4) is 18.1 Å². The lowest BCUT2D eigenvalue weighted by Crippen LogP contribution is -2.34. The fourth-order valence-corrected chi connectivity index (χ4v) is 2.05. The SMILES string of the molecule is C#CCCOc1ccc(CNCC(C)(O)c2ccco2)cc1. The Hall–Kier alpha value is -2.22. The van der Waals surface area contributed by atoms with Crippen LogP contribution >= 0.6 is 0 Å². The summed E-state index contributed by atoms with van der Waals surface area (Å²) in [5.41, 5.74) is 0.0847. The summed E-state index contributed by atoms with van der Waals surface area (Å²) in [7, 11) is 0. The fraction of sp³-hybridized carbons (Fsp3) is 0.333. The van der Waals surface area contributed by atoms with Gasteiger partial charge in [-0.05, 0) is 36.8 Å². The summed E-state index contributed by atoms with van der Waals surface area (Å²) in [6, 6.07) is 11.3. The zero-order chi connectivity index (χ0) is 15.8. The van der Waals surface area contributed by atoms with E-state index in [1.165, 1.54) is 0 Å². The molecule has 1 atom stereocenters. The van der Waals surface area contributed by atoms with Crippen LogP contribution in [0.15, 0.2) is 47.1 Å². The molecule has 0 bridgehead atoms. The Labute approximate surface area is 131 Å². The number of benzene rings is 1. The molecule has 0 aliphatic heterocycles. The standard InChI is InChI=1S/C18H21NO3/c1-3-4-11-21-16-9-7-15(8-10-16)13-19-14-18(2,20)17-6-5-12-22-17/h1,5-10,12,19-20H,4,11,13-14H2,2H3. The number of aliphatic hydroxyl groups is 1. The van der Waals surface area contributed by atoms with Crippen LogP contribution in [-0.4, -0.2) is 18.3 Å². The molecule has 0 amide bonds. The van der Waals surface area contributed by atoms with E-state index in [1.807, 2.05) is 24.3 Å². The molecule has 2 N–H and O–H groups in total. The third-order valence-corrected chi connectivity index (χ3v) is 3.29. The maximum Gasteiger partial charge on any atom is 0.136 e. The zero-order valence-corrected chi connectivity index (χ0v) is 12.7. The van der Waals surface area contributed by atoms with Gasteiger partial charge < -0.3 is 19.6 Å². The average molecular weight is 299 g/mol. The molecule has 0 aliphatic carbocycles. The van der Waals surface area contributed by atoms with E-state index in [-0.39, 0.29) is 0 Å². The van der Waals surface area contributed by atoms with Crippen LogP contribution in [0.5, 0.6) is 5.75 Å². The maximum atomic E-state index is 10.3. The number of hydrogen-bond donors (Lipinski definition) is 2. The number of ether oxygens (including phenoxy) is 1. The topological polar surface area (TPSA) is 54.6 Å². The largest absolute Gasteiger partial charge is 0.493 e. The average Bonchev–Trinajstić information content (AvgIpc) is 3.04. The van der Waals surface area contributed by atoms with Gasteiger partial charge in [-0.1, -0.05) is 12.1 Å². The summed E-state index contributed by atoms with van der Waals surface area (Å²) in [6.07, 6.45) is 7.34. The van der Waals surface area contributed by atoms with Crippen LogP contribution in [0.3, 0.4) is 0 Å². The van der Waals surface area contributed by atoms with Crippen molar-refractivity contribution in [2.75, 3.05) is 13.2 Å². The highest BCUT2D eigenvalue weighted by atomic mass is 16.5. The van der Waals surface area contributed by atoms with Crippen molar-refractivity contribution in [2.24, 2.45) is 0 Å². The monoisotopic (exact) mass is 299 g/mol. The van der Waals surface area contributed by atoms with E-state index in [1.54, 1.807) is 25.3 Å². The van der Waals surface area contributed by atoms with Gasteiger partial charge in [0.05, 0.1) is 12.9 Å². The first-order valence-corrected chi connectivity index (χ1v) is 7.24. The summed E-state index contributed by atoms with van der Waals surface area (Å²) < 4.78 is 10.7. The van der Waals surface area contributed by atoms with Crippen LogP contribution in [0.2, 0.25) is 0 Å². The molecule has 22 heavy (non-hydrogen) atoms. The minimum atomic E-state index is -1.03. The van der Waals surface area contributed by atoms with Gasteiger partial charge in [0.25, 0.3) is 0 Å². The Bertz CT molecular complexity index is 594. The Morgan fingerprint density at radius 2 is 2.09 bits per heavy atom. The molecule has 2 rings (SSSR count). The summed E-state index contributed by atoms with van der Waals surface area (Å²) in [5.74, 6) is 3.90. The Morgan fingerprint density at radius 1 is 1.32 bits per heavy atom. The molecule has 0 radical (unpaired) electrons. The van der Waals surface area contributed by atoms with E-state index in [0.717, 1.165) is 11.3 Å². The molecule has 0 fully saturated rings. The molecule has 1 aromatic heterocycles. The lowest BCUT2D eigenvalue weighted by molar-refractivity contribution is 0.0340. The van der Waals surface area contributed by atoms with Gasteiger partial charge in [0.15, 0.2) is 0 Å². The van der Waals surface area contributed by atoms with Gasteiger partial charge in [0, 0.05) is 19.5 Å². The van der Waals surface area contributed by atoms with Gasteiger partial charge in [0.1, 0.15) is 17.1 Å². The van der Waals surface area contributed by atoms with E-state index in [2.05, 4.69) is 11.2 Å². The Morgan fingerprint density at radius 3 is 2.73 bits per heavy atom. The van der Waals surface area contributed by atoms with Gasteiger partial charge in [-0.25, -0.2) is 0 Å². The highest BCUT2D eigenvalue weighted by Crippen LogP contribution is 2.20. The van der Waals surface area contributed by atoms with Crippen LogP contribution in [0, 0.1) is 12.3 Å². The Kier molecular flexibility index (Phi) is 5.65. The van der Waals surface area contributed by atoms with Crippen LogP contribution in [0.1, 0.15) is 24.7 Å². The first kappa shape index (κ1) is 16.2. The second-order valence-electron chi connectivity index (χ2n) is 5.30. The second-order valence-corrected chi connectivity index (χ2v) is 5.30. The van der Waals surface area contributed by atoms with Gasteiger partial charge >= 0.3 is 0 Å². The van der Waals surface area contributed by atoms with Crippen molar-refractivity contribution in [1.29, 1.82) is 0 Å². The molecular weight excluding hydrogens is 278 g/mol. The third-order valence-electron chi connectivity index (χ3n) is 3.29. The number of furan rings is 1. The number of rotatable bonds is 8. The quantitative estimate of drug-likeness (QED) is 0.581. The maximum absolute atomic E-state index is 10.3. The second kappa shape index (κ2) is 7.69. The van der Waals surface area contributed by atoms with E-state index in [4.69, 9.17) is 15.6 Å². The summed E-state index contributed by atoms with van der Waals surface area (Å²) >= 11 is 0. The van der Waals surface area contributed by atoms with E-state index >= 15 is 0 Å². The predicted molar refractivity (Wildman–Crippen MR) is 85.4 cm³/mol. The Balaban J connectivity index is 1.78. The van der Waals surface area contributed by atoms with Crippen molar-refractivity contribution >= 4 is 0 Å². The molecule has 0 aliphatic rings. The van der Waals surface area contributed by atoms with Gasteiger partial charge in [0.2, 0.25) is 0 Å². The minimum absolute atomic E-state index is 0.404. The minimum Gasteiger partial charge on any atom is -0.493 e. The van der Waals surface area contributed by atoms with Crippen LogP contribution in [0.4, 0.5) is 0 Å². The first-order valence-electron chi connectivity index (χ1n) is 7.24. The molecule has 1 aromatic carbocycles. The molecule has 0 spiro atoms. The lowest BCUT2D eigenvalue weighted by Gasteiger charge is -2.21. The predicted octanol–water partition coefficient (Wildman–Crippen LogP) is 2.68. The summed E-state index contributed by atoms with van der Waals surface area (Å²) in [6.45, 7) is 3.31. The van der Waals surface area contributed by atoms with Gasteiger partial charge in [-0.15, -0.1) is 12.3 Å². The van der Waals surface area contributed by atoms with Crippen LogP contribution in [-0.2, 0) is 12.1 Å². The van der Waals surface area contributed by atoms with Crippen molar-refractivity contribution < 1.29 is 14.3 Å². The molecule has 0 saturated carbocycles. The number of hydrogen-bond acceptors (Lipinski definition) is 4. The van der Waals surface area contributed by atoms with Gasteiger partial charge in [-0.2, -0.15) is 0 Å². The smallest absolute Gasteiger partial charge is 0.136 e. The van der Waals surface area contributed by atoms with Gasteiger partial charge in [-0.3, -0.25) is 0 Å². The highest BCUT2D eigenvalue weighted by molar-refractivity contribution is 5.27. The lowest BCUT2D eigenvalue weighted by atomic mass is 10.0. The van der Waals surface area contributed by atoms with E-state index in [0.29, 0.717) is 31.9 Å². The fourth-order valence-electron chi connectivity index (χ4n) is 2.05. The zero-order valence-electron chi connectivity index (χ0n) is 12.7. The highest BCUT2D eigenvalue weighted by Gasteiger charge is 2.25. The molecule has 1 heterocycles. The number of nitrogens with one attached hydrogen (secondary N) is 1. The molecule has 0 saturated heterocycles. The molecule has 4 heteroatoms. The van der Waals surface area contributed by atoms with Crippen LogP contribution < -0.4 is 10.1 Å². The molecule has 1 unspecified atom stereocenters. The summed E-state index contributed by atoms with van der Waals surface area (Å²) in [5, 5.41) is 13.5. The van der Waals surface area contributed by atoms with Crippen molar-refractivity contribution in [3.63, 3.8) is 0 Å². The van der Waals surface area contributed by atoms with Crippen LogP contribution in [0.25, 0.3) is 0 Å². The van der Waals surface area contributed by atoms with Crippen molar-refractivity contribution in [1.82, 2.24) is 5.32 Å². The van der Waals surface area contributed by atoms with Crippen molar-refractivity contribution in [2.45, 2.75) is 25.5 Å². The van der Waals surface area contributed by atoms with E-state index < -0.39 is 5.60 Å². The molecule has 2 aromatic rings. The third kappa shape index (κ3) is 4.66. The van der Waals surface area contributed by atoms with E-state index in [9.17, 15) is 5.11 Å². The first-order chi connectivity index (χ1) is 10.6. The molecule has 4 nitrogen and oxygen atoms in total. The molecular formula is C18H21NO3. The normalized spacial score (nSPS) is 13.3. The molecule has 116 valence electrons. The van der Waals surface area contributed by atoms with Crippen molar-refractivity contribution in [3.05, 3.63) is 54.0 Å². The number of terminal acetylenes is 1. The summed E-state index contributed by atoms with van der Waals surface area (Å²) in [4.78, 5) is 0.